The maximum absolute atomic E-state index is 11.7. The number of aliphatic hydroxyl groups is 1. The molecule has 0 aliphatic heterocycles. The van der Waals surface area contributed by atoms with Gasteiger partial charge in [-0.05, 0) is 30.2 Å². The van der Waals surface area contributed by atoms with Crippen molar-refractivity contribution in [1.82, 2.24) is 19.9 Å². The summed E-state index contributed by atoms with van der Waals surface area (Å²) in [5.41, 5.74) is 0.564. The van der Waals surface area contributed by atoms with Crippen LogP contribution in [0.5, 0.6) is 5.88 Å². The highest BCUT2D eigenvalue weighted by Crippen LogP contribution is 2.28. The molecule has 0 aliphatic rings. The van der Waals surface area contributed by atoms with E-state index in [-0.39, 0.29) is 24.5 Å². The Hall–Kier alpha value is -2.53. The van der Waals surface area contributed by atoms with Crippen LogP contribution in [0.25, 0.3) is 0 Å². The zero-order valence-corrected chi connectivity index (χ0v) is 20.4. The Morgan fingerprint density at radius 3 is 2.38 bits per heavy atom. The second kappa shape index (κ2) is 10.9. The van der Waals surface area contributed by atoms with Crippen molar-refractivity contribution < 1.29 is 18.3 Å². The van der Waals surface area contributed by atoms with E-state index in [1.165, 1.54) is 0 Å². The van der Waals surface area contributed by atoms with E-state index in [9.17, 15) is 13.5 Å². The van der Waals surface area contributed by atoms with Gasteiger partial charge in [0.2, 0.25) is 27.8 Å². The van der Waals surface area contributed by atoms with Gasteiger partial charge in [0.15, 0.2) is 0 Å². The normalized spacial score (nSPS) is 13.1. The average Bonchev–Trinajstić information content (AvgIpc) is 2.66. The number of nitrogens with zero attached hydrogens (tertiary/aromatic N) is 4. The molecule has 0 saturated heterocycles. The van der Waals surface area contributed by atoms with Crippen molar-refractivity contribution in [2.75, 3.05) is 29.5 Å². The number of pyridine rings is 1. The summed E-state index contributed by atoms with van der Waals surface area (Å²) in [4.78, 5) is 17.3. The van der Waals surface area contributed by atoms with Crippen molar-refractivity contribution in [3.63, 3.8) is 0 Å². The van der Waals surface area contributed by atoms with Gasteiger partial charge in [0, 0.05) is 18.7 Å². The van der Waals surface area contributed by atoms with Crippen LogP contribution in [0, 0.1) is 5.92 Å². The number of aliphatic hydroxyl groups excluding tert-OH is 1. The van der Waals surface area contributed by atoms with Gasteiger partial charge in [-0.25, -0.2) is 13.4 Å². The Kier molecular flexibility index (Phi) is 8.73. The maximum Gasteiger partial charge on any atom is 0.241 e. The Morgan fingerprint density at radius 1 is 1.16 bits per heavy atom. The molecule has 10 nitrogen and oxygen atoms in total. The molecule has 2 heterocycles. The fourth-order valence-corrected chi connectivity index (χ4v) is 3.64. The number of nitrogens with one attached hydrogen (secondary N) is 2. The highest BCUT2D eigenvalue weighted by atomic mass is 32.2. The Bertz CT molecular complexity index is 980. The minimum atomic E-state index is -3.57. The molecule has 2 aromatic rings. The molecule has 32 heavy (non-hydrogen) atoms. The fraction of sp³-hybridized carbons (Fsp3) is 0.619. The Labute approximate surface area is 190 Å². The first kappa shape index (κ1) is 25.7. The number of anilines is 2. The lowest BCUT2D eigenvalue weighted by Crippen LogP contribution is -2.28. The third-order valence-electron chi connectivity index (χ3n) is 4.68. The summed E-state index contributed by atoms with van der Waals surface area (Å²) in [5.74, 6) is 1.45. The first-order valence-corrected chi connectivity index (χ1v) is 12.5. The second-order valence-electron chi connectivity index (χ2n) is 8.81. The summed E-state index contributed by atoms with van der Waals surface area (Å²) in [6.45, 7) is 10.5. The van der Waals surface area contributed by atoms with E-state index < -0.39 is 15.4 Å². The molecule has 2 rings (SSSR count). The third-order valence-corrected chi connectivity index (χ3v) is 5.23. The number of aromatic nitrogens is 4. The Balaban J connectivity index is 2.34. The lowest BCUT2D eigenvalue weighted by Gasteiger charge is -2.25. The van der Waals surface area contributed by atoms with Gasteiger partial charge in [-0.2, -0.15) is 15.0 Å². The zero-order chi connectivity index (χ0) is 23.9. The summed E-state index contributed by atoms with van der Waals surface area (Å²) in [5, 5.41) is 12.8. The van der Waals surface area contributed by atoms with Crippen LogP contribution in [-0.4, -0.2) is 59.0 Å². The number of rotatable bonds is 12. The lowest BCUT2D eigenvalue weighted by atomic mass is 9.82. The van der Waals surface area contributed by atoms with Gasteiger partial charge in [0.05, 0.1) is 25.5 Å². The molecule has 0 aliphatic carbocycles. The van der Waals surface area contributed by atoms with Crippen LogP contribution in [-0.2, 0) is 21.9 Å². The topological polar surface area (TPSA) is 139 Å². The van der Waals surface area contributed by atoms with Crippen LogP contribution in [0.1, 0.15) is 52.4 Å². The molecule has 0 unspecified atom stereocenters. The SMILES string of the molecule is CCOc1ccc(C(C)(C)Cc2nc(N[C@@H](CO)CC(C)C)nc(NS(C)(=O)=O)n2)cn1. The van der Waals surface area contributed by atoms with Gasteiger partial charge in [-0.1, -0.05) is 33.8 Å². The van der Waals surface area contributed by atoms with E-state index in [1.807, 2.05) is 46.8 Å². The van der Waals surface area contributed by atoms with Gasteiger partial charge in [0.25, 0.3) is 0 Å². The number of hydrogen-bond acceptors (Lipinski definition) is 9. The van der Waals surface area contributed by atoms with Crippen molar-refractivity contribution in [2.24, 2.45) is 5.92 Å². The molecule has 178 valence electrons. The molecule has 1 atom stereocenters. The standard InChI is InChI=1S/C21H34N6O4S/c1-7-31-18-9-8-15(12-22-18)21(4,5)11-17-24-19(23-16(13-28)10-14(2)3)26-20(25-17)27-32(6,29)30/h8-9,12,14,16,28H,7,10-11,13H2,1-6H3,(H2,23,24,25,26,27)/t16-/m1/s1. The molecule has 2 aromatic heterocycles. The maximum atomic E-state index is 11.7. The van der Waals surface area contributed by atoms with Crippen molar-refractivity contribution in [2.45, 2.75) is 58.9 Å². The zero-order valence-electron chi connectivity index (χ0n) is 19.6. The molecule has 0 aromatic carbocycles. The summed E-state index contributed by atoms with van der Waals surface area (Å²) in [6, 6.07) is 3.49. The molecule has 0 fully saturated rings. The van der Waals surface area contributed by atoms with E-state index in [2.05, 4.69) is 30.0 Å². The van der Waals surface area contributed by atoms with Crippen molar-refractivity contribution in [1.29, 1.82) is 0 Å². The molecule has 11 heteroatoms. The van der Waals surface area contributed by atoms with Crippen LogP contribution < -0.4 is 14.8 Å². The van der Waals surface area contributed by atoms with Gasteiger partial charge in [0.1, 0.15) is 5.82 Å². The summed E-state index contributed by atoms with van der Waals surface area (Å²) in [6.07, 6.45) is 3.90. The largest absolute Gasteiger partial charge is 0.478 e. The summed E-state index contributed by atoms with van der Waals surface area (Å²) < 4.78 is 31.2. The van der Waals surface area contributed by atoms with Crippen LogP contribution in [0.4, 0.5) is 11.9 Å². The van der Waals surface area contributed by atoms with Gasteiger partial charge in [-0.3, -0.25) is 4.72 Å². The van der Waals surface area contributed by atoms with Crippen molar-refractivity contribution in [3.05, 3.63) is 29.7 Å². The number of ether oxygens (including phenoxy) is 1. The van der Waals surface area contributed by atoms with Crippen LogP contribution >= 0.6 is 0 Å². The second-order valence-corrected chi connectivity index (χ2v) is 10.6. The van der Waals surface area contributed by atoms with Gasteiger partial charge < -0.3 is 15.2 Å². The van der Waals surface area contributed by atoms with Crippen LogP contribution in [0.2, 0.25) is 0 Å². The molecular formula is C21H34N6O4S. The first-order chi connectivity index (χ1) is 14.9. The average molecular weight is 467 g/mol. The molecule has 0 spiro atoms. The Morgan fingerprint density at radius 2 is 1.84 bits per heavy atom. The van der Waals surface area contributed by atoms with E-state index in [1.54, 1.807) is 6.20 Å². The van der Waals surface area contributed by atoms with E-state index in [0.29, 0.717) is 37.1 Å². The number of sulfonamides is 1. The predicted molar refractivity (Wildman–Crippen MR) is 124 cm³/mol. The molecule has 0 amide bonds. The predicted octanol–water partition coefficient (Wildman–Crippen LogP) is 2.38. The van der Waals surface area contributed by atoms with Crippen molar-refractivity contribution in [3.8, 4) is 5.88 Å². The van der Waals surface area contributed by atoms with E-state index in [0.717, 1.165) is 11.8 Å². The number of hydrogen-bond donors (Lipinski definition) is 3. The molecule has 0 radical (unpaired) electrons. The third kappa shape index (κ3) is 8.19. The quantitative estimate of drug-likeness (QED) is 0.430. The van der Waals surface area contributed by atoms with Gasteiger partial charge >= 0.3 is 0 Å². The van der Waals surface area contributed by atoms with Crippen LogP contribution in [0.15, 0.2) is 18.3 Å². The first-order valence-electron chi connectivity index (χ1n) is 10.6. The van der Waals surface area contributed by atoms with Crippen LogP contribution in [0.3, 0.4) is 0 Å². The summed E-state index contributed by atoms with van der Waals surface area (Å²) in [7, 11) is -3.57. The van der Waals surface area contributed by atoms with Crippen molar-refractivity contribution >= 4 is 21.9 Å². The van der Waals surface area contributed by atoms with Gasteiger partial charge in [-0.15, -0.1) is 0 Å². The lowest BCUT2D eigenvalue weighted by molar-refractivity contribution is 0.259. The van der Waals surface area contributed by atoms with E-state index >= 15 is 0 Å². The molecule has 0 bridgehead atoms. The minimum Gasteiger partial charge on any atom is -0.478 e. The molecule has 3 N–H and O–H groups in total. The minimum absolute atomic E-state index is 0.0677. The summed E-state index contributed by atoms with van der Waals surface area (Å²) >= 11 is 0. The highest BCUT2D eigenvalue weighted by Gasteiger charge is 2.25. The molecule has 0 saturated carbocycles. The smallest absolute Gasteiger partial charge is 0.241 e. The molecular weight excluding hydrogens is 432 g/mol. The fourth-order valence-electron chi connectivity index (χ4n) is 3.22. The monoisotopic (exact) mass is 466 g/mol. The van der Waals surface area contributed by atoms with E-state index in [4.69, 9.17) is 4.74 Å². The highest BCUT2D eigenvalue weighted by molar-refractivity contribution is 7.91.